The minimum Gasteiger partial charge on any atom is -0.481 e. The Morgan fingerprint density at radius 1 is 1.35 bits per heavy atom. The van der Waals surface area contributed by atoms with E-state index >= 15 is 0 Å². The highest BCUT2D eigenvalue weighted by atomic mass is 35.5. The molecule has 2 heterocycles. The number of carbonyl (C=O) groups is 2. The van der Waals surface area contributed by atoms with Gasteiger partial charge >= 0.3 is 5.97 Å². The van der Waals surface area contributed by atoms with Gasteiger partial charge in [-0.2, -0.15) is 4.98 Å². The molecule has 0 bridgehead atoms. The monoisotopic (exact) mass is 377 g/mol. The van der Waals surface area contributed by atoms with Crippen molar-refractivity contribution in [2.75, 3.05) is 13.1 Å². The summed E-state index contributed by atoms with van der Waals surface area (Å²) in [6, 6.07) is 7.10. The average molecular weight is 378 g/mol. The first-order valence-corrected chi connectivity index (χ1v) is 8.91. The maximum atomic E-state index is 12.4. The van der Waals surface area contributed by atoms with Crippen molar-refractivity contribution in [2.24, 2.45) is 11.8 Å². The van der Waals surface area contributed by atoms with Gasteiger partial charge in [0.1, 0.15) is 0 Å². The van der Waals surface area contributed by atoms with Crippen LogP contribution in [0.25, 0.3) is 11.4 Å². The van der Waals surface area contributed by atoms with Gasteiger partial charge in [0.2, 0.25) is 17.6 Å². The van der Waals surface area contributed by atoms with Crippen LogP contribution in [-0.4, -0.2) is 45.1 Å². The average Bonchev–Trinajstić information content (AvgIpc) is 3.09. The van der Waals surface area contributed by atoms with Gasteiger partial charge in [0.05, 0.1) is 5.92 Å². The largest absolute Gasteiger partial charge is 0.481 e. The standard InChI is InChI=1S/C18H20ClN3O4/c1-11-10-22(9-8-14(11)18(24)25)16(23)7-6-15-20-17(21-26-15)12-2-4-13(19)5-3-12/h2-5,11,14H,6-10H2,1H3,(H,24,25). The molecule has 0 radical (unpaired) electrons. The Morgan fingerprint density at radius 2 is 2.08 bits per heavy atom. The highest BCUT2D eigenvalue weighted by Gasteiger charge is 2.32. The summed E-state index contributed by atoms with van der Waals surface area (Å²) in [5.74, 6) is -0.379. The summed E-state index contributed by atoms with van der Waals surface area (Å²) < 4.78 is 5.21. The third-order valence-corrected chi connectivity index (χ3v) is 4.95. The molecule has 3 rings (SSSR count). The van der Waals surface area contributed by atoms with Gasteiger partial charge < -0.3 is 14.5 Å². The van der Waals surface area contributed by atoms with Crippen LogP contribution in [0, 0.1) is 11.8 Å². The number of aryl methyl sites for hydroxylation is 1. The summed E-state index contributed by atoms with van der Waals surface area (Å²) in [6.07, 6.45) is 1.10. The van der Waals surface area contributed by atoms with Crippen molar-refractivity contribution in [2.45, 2.75) is 26.2 Å². The minimum absolute atomic E-state index is 0.0214. The van der Waals surface area contributed by atoms with Crippen LogP contribution in [0.15, 0.2) is 28.8 Å². The lowest BCUT2D eigenvalue weighted by molar-refractivity contribution is -0.148. The molecular weight excluding hydrogens is 358 g/mol. The summed E-state index contributed by atoms with van der Waals surface area (Å²) >= 11 is 5.86. The molecule has 1 aliphatic rings. The number of aromatic nitrogens is 2. The number of hydrogen-bond acceptors (Lipinski definition) is 5. The number of amides is 1. The molecule has 0 aliphatic carbocycles. The van der Waals surface area contributed by atoms with Crippen molar-refractivity contribution in [3.63, 3.8) is 0 Å². The molecule has 2 aromatic rings. The van der Waals surface area contributed by atoms with Crippen molar-refractivity contribution >= 4 is 23.5 Å². The Kier molecular flexibility index (Phi) is 5.56. The number of carboxylic acid groups (broad SMARTS) is 1. The van der Waals surface area contributed by atoms with Crippen LogP contribution in [0.1, 0.15) is 25.7 Å². The lowest BCUT2D eigenvalue weighted by Crippen LogP contribution is -2.45. The summed E-state index contributed by atoms with van der Waals surface area (Å²) in [6.45, 7) is 2.81. The van der Waals surface area contributed by atoms with E-state index in [-0.39, 0.29) is 24.2 Å². The Balaban J connectivity index is 1.54. The highest BCUT2D eigenvalue weighted by Crippen LogP contribution is 2.24. The maximum Gasteiger partial charge on any atom is 0.306 e. The minimum atomic E-state index is -0.787. The quantitative estimate of drug-likeness (QED) is 0.860. The Hall–Kier alpha value is -2.41. The predicted molar refractivity (Wildman–Crippen MR) is 94.6 cm³/mol. The Morgan fingerprint density at radius 3 is 2.73 bits per heavy atom. The molecule has 26 heavy (non-hydrogen) atoms. The molecule has 7 nitrogen and oxygen atoms in total. The Bertz CT molecular complexity index is 790. The molecule has 2 unspecified atom stereocenters. The normalized spacial score (nSPS) is 20.2. The first kappa shape index (κ1) is 18.4. The number of rotatable bonds is 5. The molecule has 0 spiro atoms. The van der Waals surface area contributed by atoms with Crippen molar-refractivity contribution in [3.05, 3.63) is 35.2 Å². The second-order valence-corrected chi connectivity index (χ2v) is 7.01. The van der Waals surface area contributed by atoms with Gasteiger partial charge in [-0.15, -0.1) is 0 Å². The zero-order chi connectivity index (χ0) is 18.7. The fraction of sp³-hybridized carbons (Fsp3) is 0.444. The molecule has 1 aliphatic heterocycles. The molecule has 2 atom stereocenters. The van der Waals surface area contributed by atoms with Gasteiger partial charge in [-0.3, -0.25) is 9.59 Å². The smallest absolute Gasteiger partial charge is 0.306 e. The first-order valence-electron chi connectivity index (χ1n) is 8.53. The topological polar surface area (TPSA) is 96.5 Å². The van der Waals surface area contributed by atoms with E-state index in [2.05, 4.69) is 10.1 Å². The van der Waals surface area contributed by atoms with E-state index < -0.39 is 5.97 Å². The fourth-order valence-corrected chi connectivity index (χ4v) is 3.31. The third-order valence-electron chi connectivity index (χ3n) is 4.70. The zero-order valence-electron chi connectivity index (χ0n) is 14.4. The molecule has 138 valence electrons. The number of carbonyl (C=O) groups excluding carboxylic acids is 1. The molecule has 1 saturated heterocycles. The van der Waals surface area contributed by atoms with E-state index in [4.69, 9.17) is 21.2 Å². The van der Waals surface area contributed by atoms with E-state index in [0.717, 1.165) is 5.56 Å². The maximum absolute atomic E-state index is 12.4. The molecule has 1 fully saturated rings. The summed E-state index contributed by atoms with van der Waals surface area (Å²) in [5, 5.41) is 13.7. The second kappa shape index (κ2) is 7.86. The van der Waals surface area contributed by atoms with Gasteiger partial charge in [0.25, 0.3) is 0 Å². The molecular formula is C18H20ClN3O4. The number of halogens is 1. The molecule has 1 N–H and O–H groups in total. The van der Waals surface area contributed by atoms with Crippen molar-refractivity contribution in [1.82, 2.24) is 15.0 Å². The van der Waals surface area contributed by atoms with Crippen molar-refractivity contribution in [3.8, 4) is 11.4 Å². The lowest BCUT2D eigenvalue weighted by Gasteiger charge is -2.34. The zero-order valence-corrected chi connectivity index (χ0v) is 15.1. The van der Waals surface area contributed by atoms with Crippen molar-refractivity contribution < 1.29 is 19.2 Å². The van der Waals surface area contributed by atoms with E-state index in [0.29, 0.717) is 42.7 Å². The van der Waals surface area contributed by atoms with Crippen LogP contribution in [0.3, 0.4) is 0 Å². The number of carboxylic acids is 1. The number of hydrogen-bond donors (Lipinski definition) is 1. The van der Waals surface area contributed by atoms with Gasteiger partial charge in [0, 0.05) is 36.5 Å². The first-order chi connectivity index (χ1) is 12.4. The Labute approximate surface area is 155 Å². The van der Waals surface area contributed by atoms with E-state index in [1.165, 1.54) is 0 Å². The van der Waals surface area contributed by atoms with Gasteiger partial charge in [-0.25, -0.2) is 0 Å². The van der Waals surface area contributed by atoms with Crippen LogP contribution < -0.4 is 0 Å². The van der Waals surface area contributed by atoms with Gasteiger partial charge in [0.15, 0.2) is 0 Å². The summed E-state index contributed by atoms with van der Waals surface area (Å²) in [7, 11) is 0. The van der Waals surface area contributed by atoms with Crippen LogP contribution in [-0.2, 0) is 16.0 Å². The SMILES string of the molecule is CC1CN(C(=O)CCc2nc(-c3ccc(Cl)cc3)no2)CCC1C(=O)O. The fourth-order valence-electron chi connectivity index (χ4n) is 3.18. The lowest BCUT2D eigenvalue weighted by atomic mass is 9.87. The number of nitrogens with zero attached hydrogens (tertiary/aromatic N) is 3. The molecule has 8 heteroatoms. The van der Waals surface area contributed by atoms with Crippen LogP contribution in [0.2, 0.25) is 5.02 Å². The van der Waals surface area contributed by atoms with Gasteiger partial charge in [-0.05, 0) is 36.6 Å². The molecule has 1 aromatic carbocycles. The third kappa shape index (κ3) is 4.22. The predicted octanol–water partition coefficient (Wildman–Crippen LogP) is 2.89. The molecule has 1 aromatic heterocycles. The van der Waals surface area contributed by atoms with E-state index in [9.17, 15) is 9.59 Å². The van der Waals surface area contributed by atoms with Gasteiger partial charge in [-0.1, -0.05) is 23.7 Å². The number of piperidine rings is 1. The van der Waals surface area contributed by atoms with Crippen LogP contribution in [0.4, 0.5) is 0 Å². The number of aliphatic carboxylic acids is 1. The number of benzene rings is 1. The summed E-state index contributed by atoms with van der Waals surface area (Å²) in [4.78, 5) is 29.6. The molecule has 0 saturated carbocycles. The second-order valence-electron chi connectivity index (χ2n) is 6.57. The molecule has 1 amide bonds. The van der Waals surface area contributed by atoms with Crippen LogP contribution >= 0.6 is 11.6 Å². The number of likely N-dealkylation sites (tertiary alicyclic amines) is 1. The van der Waals surface area contributed by atoms with E-state index in [1.54, 1.807) is 29.2 Å². The summed E-state index contributed by atoms with van der Waals surface area (Å²) in [5.41, 5.74) is 0.792. The van der Waals surface area contributed by atoms with Crippen molar-refractivity contribution in [1.29, 1.82) is 0 Å². The highest BCUT2D eigenvalue weighted by molar-refractivity contribution is 6.30. The van der Waals surface area contributed by atoms with Crippen LogP contribution in [0.5, 0.6) is 0 Å². The van der Waals surface area contributed by atoms with E-state index in [1.807, 2.05) is 6.92 Å².